The molecule has 0 aromatic heterocycles. The number of ether oxygens (including phenoxy) is 1. The molecule has 1 amide bonds. The number of carbonyl (C=O) groups excluding carboxylic acids is 1. The van der Waals surface area contributed by atoms with Crippen LogP contribution in [-0.4, -0.2) is 30.1 Å². The molecule has 1 aromatic rings. The summed E-state index contributed by atoms with van der Waals surface area (Å²) in [6.07, 6.45) is 1.13. The number of aliphatic carboxylic acids is 1. The zero-order valence-corrected chi connectivity index (χ0v) is 11.2. The quantitative estimate of drug-likeness (QED) is 0.840. The maximum atomic E-state index is 12.8. The van der Waals surface area contributed by atoms with Crippen LogP contribution in [0.1, 0.15) is 12.8 Å². The van der Waals surface area contributed by atoms with Crippen LogP contribution in [0.4, 0.5) is 4.39 Å². The zero-order valence-electron chi connectivity index (χ0n) is 10.5. The first-order valence-corrected chi connectivity index (χ1v) is 6.39. The van der Waals surface area contributed by atoms with Crippen LogP contribution in [0.25, 0.3) is 0 Å². The molecule has 0 radical (unpaired) electrons. The van der Waals surface area contributed by atoms with Gasteiger partial charge in [0.2, 0.25) is 0 Å². The lowest BCUT2D eigenvalue weighted by molar-refractivity contribution is -0.143. The van der Waals surface area contributed by atoms with Crippen molar-refractivity contribution in [3.05, 3.63) is 29.0 Å². The molecule has 0 saturated heterocycles. The number of carbonyl (C=O) groups is 2. The van der Waals surface area contributed by atoms with Crippen molar-refractivity contribution in [3.63, 3.8) is 0 Å². The highest BCUT2D eigenvalue weighted by molar-refractivity contribution is 6.32. The van der Waals surface area contributed by atoms with Gasteiger partial charge in [-0.15, -0.1) is 0 Å². The van der Waals surface area contributed by atoms with Gasteiger partial charge in [0.25, 0.3) is 5.91 Å². The fourth-order valence-electron chi connectivity index (χ4n) is 1.67. The molecule has 0 unspecified atom stereocenters. The Hall–Kier alpha value is -1.82. The summed E-state index contributed by atoms with van der Waals surface area (Å²) >= 11 is 5.74. The maximum Gasteiger partial charge on any atom is 0.311 e. The molecule has 1 aromatic carbocycles. The van der Waals surface area contributed by atoms with E-state index in [-0.39, 0.29) is 23.9 Å². The number of carboxylic acids is 1. The SMILES string of the molecule is O=C(COc1ccc(F)cc1Cl)NCC1(C(=O)O)CC1. The topological polar surface area (TPSA) is 75.6 Å². The predicted molar refractivity (Wildman–Crippen MR) is 69.2 cm³/mol. The van der Waals surface area contributed by atoms with E-state index in [1.165, 1.54) is 12.1 Å². The Balaban J connectivity index is 1.79. The van der Waals surface area contributed by atoms with Crippen molar-refractivity contribution < 1.29 is 23.8 Å². The molecule has 7 heteroatoms. The second-order valence-corrected chi connectivity index (χ2v) is 5.13. The molecule has 0 spiro atoms. The molecule has 1 fully saturated rings. The van der Waals surface area contributed by atoms with Gasteiger partial charge in [-0.2, -0.15) is 0 Å². The molecule has 0 bridgehead atoms. The summed E-state index contributed by atoms with van der Waals surface area (Å²) in [4.78, 5) is 22.5. The number of halogens is 2. The van der Waals surface area contributed by atoms with Crippen molar-refractivity contribution in [2.75, 3.05) is 13.2 Å². The molecule has 108 valence electrons. The van der Waals surface area contributed by atoms with E-state index in [2.05, 4.69) is 5.32 Å². The second kappa shape index (κ2) is 5.66. The lowest BCUT2D eigenvalue weighted by Crippen LogP contribution is -2.36. The molecule has 1 aliphatic rings. The molecule has 0 heterocycles. The third kappa shape index (κ3) is 3.39. The smallest absolute Gasteiger partial charge is 0.311 e. The predicted octanol–water partition coefficient (Wildman–Crippen LogP) is 1.84. The Kier molecular flexibility index (Phi) is 4.13. The Bertz CT molecular complexity index is 545. The van der Waals surface area contributed by atoms with E-state index < -0.39 is 23.1 Å². The minimum atomic E-state index is -0.903. The third-order valence-corrected chi connectivity index (χ3v) is 3.48. The van der Waals surface area contributed by atoms with E-state index in [0.717, 1.165) is 6.07 Å². The normalized spacial score (nSPS) is 15.5. The van der Waals surface area contributed by atoms with Crippen LogP contribution in [0.5, 0.6) is 5.75 Å². The number of hydrogen-bond donors (Lipinski definition) is 2. The minimum absolute atomic E-state index is 0.0713. The minimum Gasteiger partial charge on any atom is -0.482 e. The fraction of sp³-hybridized carbons (Fsp3) is 0.385. The average molecular weight is 302 g/mol. The summed E-state index contributed by atoms with van der Waals surface area (Å²) in [6, 6.07) is 3.58. The lowest BCUT2D eigenvalue weighted by Gasteiger charge is -2.12. The van der Waals surface area contributed by atoms with Crippen molar-refractivity contribution in [1.82, 2.24) is 5.32 Å². The van der Waals surface area contributed by atoms with Crippen molar-refractivity contribution >= 4 is 23.5 Å². The monoisotopic (exact) mass is 301 g/mol. The van der Waals surface area contributed by atoms with E-state index in [4.69, 9.17) is 21.4 Å². The highest BCUT2D eigenvalue weighted by Crippen LogP contribution is 2.45. The summed E-state index contributed by atoms with van der Waals surface area (Å²) < 4.78 is 17.9. The summed E-state index contributed by atoms with van der Waals surface area (Å²) in [5.41, 5.74) is -0.816. The summed E-state index contributed by atoms with van der Waals surface area (Å²) in [5, 5.41) is 11.5. The van der Waals surface area contributed by atoms with Gasteiger partial charge < -0.3 is 15.2 Å². The van der Waals surface area contributed by atoms with Crippen LogP contribution in [0.3, 0.4) is 0 Å². The number of rotatable bonds is 6. The van der Waals surface area contributed by atoms with Crippen LogP contribution >= 0.6 is 11.6 Å². The van der Waals surface area contributed by atoms with Crippen molar-refractivity contribution in [3.8, 4) is 5.75 Å². The zero-order chi connectivity index (χ0) is 14.8. The van der Waals surface area contributed by atoms with E-state index >= 15 is 0 Å². The molecule has 1 aliphatic carbocycles. The summed E-state index contributed by atoms with van der Waals surface area (Å²) in [6.45, 7) is -0.220. The van der Waals surface area contributed by atoms with Gasteiger partial charge in [-0.3, -0.25) is 9.59 Å². The molecule has 0 atom stereocenters. The van der Waals surface area contributed by atoms with E-state index in [1.54, 1.807) is 0 Å². The van der Waals surface area contributed by atoms with Gasteiger partial charge >= 0.3 is 5.97 Å². The first-order chi connectivity index (χ1) is 9.43. The average Bonchev–Trinajstić information content (AvgIpc) is 3.16. The second-order valence-electron chi connectivity index (χ2n) is 4.73. The molecule has 0 aliphatic heterocycles. The highest BCUT2D eigenvalue weighted by Gasteiger charge is 2.50. The van der Waals surface area contributed by atoms with E-state index in [1.807, 2.05) is 0 Å². The molecular formula is C13H13ClFNO4. The van der Waals surface area contributed by atoms with Gasteiger partial charge in [-0.05, 0) is 31.0 Å². The summed E-state index contributed by atoms with van der Waals surface area (Å²) in [7, 11) is 0. The molecule has 20 heavy (non-hydrogen) atoms. The summed E-state index contributed by atoms with van der Waals surface area (Å²) in [5.74, 6) is -1.65. The van der Waals surface area contributed by atoms with Gasteiger partial charge in [0.15, 0.2) is 6.61 Å². The van der Waals surface area contributed by atoms with Crippen LogP contribution in [-0.2, 0) is 9.59 Å². The van der Waals surface area contributed by atoms with Gasteiger partial charge in [0.1, 0.15) is 11.6 Å². The molecule has 5 nitrogen and oxygen atoms in total. The Morgan fingerprint density at radius 3 is 2.70 bits per heavy atom. The Morgan fingerprint density at radius 2 is 2.15 bits per heavy atom. The Labute approximate surface area is 119 Å². The van der Waals surface area contributed by atoms with Gasteiger partial charge in [0, 0.05) is 6.54 Å². The van der Waals surface area contributed by atoms with E-state index in [9.17, 15) is 14.0 Å². The van der Waals surface area contributed by atoms with E-state index in [0.29, 0.717) is 12.8 Å². The number of hydrogen-bond acceptors (Lipinski definition) is 3. The van der Waals surface area contributed by atoms with Gasteiger partial charge in [-0.25, -0.2) is 4.39 Å². The maximum absolute atomic E-state index is 12.8. The number of amides is 1. The van der Waals surface area contributed by atoms with Gasteiger partial charge in [-0.1, -0.05) is 11.6 Å². The molecular weight excluding hydrogens is 289 g/mol. The first kappa shape index (κ1) is 14.6. The highest BCUT2D eigenvalue weighted by atomic mass is 35.5. The molecule has 2 N–H and O–H groups in total. The first-order valence-electron chi connectivity index (χ1n) is 6.01. The van der Waals surface area contributed by atoms with Crippen LogP contribution in [0.2, 0.25) is 5.02 Å². The lowest BCUT2D eigenvalue weighted by atomic mass is 10.1. The molecule has 1 saturated carbocycles. The van der Waals surface area contributed by atoms with Crippen molar-refractivity contribution in [2.24, 2.45) is 5.41 Å². The molecule has 2 rings (SSSR count). The number of nitrogens with one attached hydrogen (secondary N) is 1. The van der Waals surface area contributed by atoms with Crippen molar-refractivity contribution in [1.29, 1.82) is 0 Å². The number of benzene rings is 1. The van der Waals surface area contributed by atoms with Crippen LogP contribution in [0, 0.1) is 11.2 Å². The van der Waals surface area contributed by atoms with Gasteiger partial charge in [0.05, 0.1) is 10.4 Å². The van der Waals surface area contributed by atoms with Crippen LogP contribution < -0.4 is 10.1 Å². The van der Waals surface area contributed by atoms with Crippen molar-refractivity contribution in [2.45, 2.75) is 12.8 Å². The third-order valence-electron chi connectivity index (χ3n) is 3.18. The Morgan fingerprint density at radius 1 is 1.45 bits per heavy atom. The number of carboxylic acid groups (broad SMARTS) is 1. The van der Waals surface area contributed by atoms with Crippen LogP contribution in [0.15, 0.2) is 18.2 Å². The standard InChI is InChI=1S/C13H13ClFNO4/c14-9-5-8(15)1-2-10(9)20-6-11(17)16-7-13(3-4-13)12(18)19/h1-2,5H,3-4,6-7H2,(H,16,17)(H,18,19). The fourth-order valence-corrected chi connectivity index (χ4v) is 1.89. The largest absolute Gasteiger partial charge is 0.482 e.